The van der Waals surface area contributed by atoms with Crippen LogP contribution < -0.4 is 5.56 Å². The van der Waals surface area contributed by atoms with Gasteiger partial charge in [0.15, 0.2) is 15.4 Å². The number of rotatable bonds is 4. The van der Waals surface area contributed by atoms with E-state index >= 15 is 0 Å². The van der Waals surface area contributed by atoms with Crippen LogP contribution in [0.25, 0.3) is 10.3 Å². The number of hydrogen-bond donors (Lipinski definition) is 0. The topological polar surface area (TPSA) is 78.7 Å². The molecule has 126 valence electrons. The first-order chi connectivity index (χ1) is 11.3. The van der Waals surface area contributed by atoms with Crippen molar-refractivity contribution in [3.05, 3.63) is 45.0 Å². The van der Waals surface area contributed by atoms with Crippen molar-refractivity contribution < 1.29 is 4.52 Å². The molecule has 0 N–H and O–H groups in total. The van der Waals surface area contributed by atoms with E-state index in [9.17, 15) is 4.79 Å². The second kappa shape index (κ2) is 6.06. The van der Waals surface area contributed by atoms with E-state index in [1.54, 1.807) is 10.6 Å². The molecule has 0 amide bonds. The molecule has 3 rings (SSSR count). The molecule has 0 aromatic carbocycles. The maximum atomic E-state index is 12.7. The molecule has 7 nitrogen and oxygen atoms in total. The number of nitrogens with zero attached hydrogens (tertiary/aromatic N) is 5. The van der Waals surface area contributed by atoms with Gasteiger partial charge < -0.3 is 9.09 Å². The van der Waals surface area contributed by atoms with E-state index in [0.717, 1.165) is 0 Å². The molecule has 9 heteroatoms. The van der Waals surface area contributed by atoms with Gasteiger partial charge in [-0.05, 0) is 12.2 Å². The second-order valence-corrected chi connectivity index (χ2v) is 8.00. The van der Waals surface area contributed by atoms with Crippen molar-refractivity contribution >= 4 is 33.9 Å². The molecule has 0 spiro atoms. The van der Waals surface area contributed by atoms with Crippen LogP contribution in [0.5, 0.6) is 0 Å². The minimum absolute atomic E-state index is 0.172. The molecule has 0 aliphatic rings. The summed E-state index contributed by atoms with van der Waals surface area (Å²) in [5.74, 6) is 0.977. The van der Waals surface area contributed by atoms with E-state index in [4.69, 9.17) is 16.7 Å². The van der Waals surface area contributed by atoms with E-state index in [-0.39, 0.29) is 17.5 Å². The van der Waals surface area contributed by atoms with E-state index in [2.05, 4.69) is 21.7 Å². The Kier molecular flexibility index (Phi) is 4.22. The Bertz CT molecular complexity index is 1020. The van der Waals surface area contributed by atoms with Gasteiger partial charge in [0.05, 0.1) is 0 Å². The fourth-order valence-electron chi connectivity index (χ4n) is 2.14. The maximum absolute atomic E-state index is 12.7. The van der Waals surface area contributed by atoms with Crippen molar-refractivity contribution in [2.75, 3.05) is 0 Å². The Balaban J connectivity index is 2.01. The quantitative estimate of drug-likeness (QED) is 0.524. The molecular formula is C15H17N5O2S2. The van der Waals surface area contributed by atoms with Gasteiger partial charge >= 0.3 is 0 Å². The van der Waals surface area contributed by atoms with Gasteiger partial charge in [-0.2, -0.15) is 4.98 Å². The van der Waals surface area contributed by atoms with Crippen LogP contribution >= 0.6 is 23.6 Å². The summed E-state index contributed by atoms with van der Waals surface area (Å²) in [6.45, 7) is 10.4. The van der Waals surface area contributed by atoms with Crippen LogP contribution in [0.1, 0.15) is 32.5 Å². The molecule has 0 bridgehead atoms. The maximum Gasteiger partial charge on any atom is 0.273 e. The number of aromatic nitrogens is 5. The predicted octanol–water partition coefficient (Wildman–Crippen LogP) is 2.90. The summed E-state index contributed by atoms with van der Waals surface area (Å²) in [4.78, 5) is 21.4. The minimum Gasteiger partial charge on any atom is -0.337 e. The monoisotopic (exact) mass is 363 g/mol. The van der Waals surface area contributed by atoms with Crippen molar-refractivity contribution in [1.82, 2.24) is 24.3 Å². The van der Waals surface area contributed by atoms with E-state index in [0.29, 0.717) is 32.6 Å². The first-order valence-electron chi connectivity index (χ1n) is 7.34. The fourth-order valence-corrected chi connectivity index (χ4v) is 3.46. The highest BCUT2D eigenvalue weighted by atomic mass is 32.1. The predicted molar refractivity (Wildman–Crippen MR) is 95.0 cm³/mol. The van der Waals surface area contributed by atoms with Gasteiger partial charge in [0.1, 0.15) is 17.6 Å². The Morgan fingerprint density at radius 2 is 2.21 bits per heavy atom. The van der Waals surface area contributed by atoms with E-state index in [1.807, 2.05) is 20.8 Å². The van der Waals surface area contributed by atoms with Crippen molar-refractivity contribution in [3.63, 3.8) is 0 Å². The molecule has 0 saturated heterocycles. The average Bonchev–Trinajstić information content (AvgIpc) is 3.09. The van der Waals surface area contributed by atoms with Crippen LogP contribution in [0.2, 0.25) is 0 Å². The summed E-state index contributed by atoms with van der Waals surface area (Å²) in [6.07, 6.45) is 3.20. The average molecular weight is 363 g/mol. The number of fused-ring (bicyclic) bond motifs is 1. The summed E-state index contributed by atoms with van der Waals surface area (Å²) in [7, 11) is 0. The van der Waals surface area contributed by atoms with E-state index < -0.39 is 0 Å². The lowest BCUT2D eigenvalue weighted by Crippen LogP contribution is -2.21. The van der Waals surface area contributed by atoms with Crippen LogP contribution in [0.3, 0.4) is 0 Å². The summed E-state index contributed by atoms with van der Waals surface area (Å²) < 4.78 is 9.60. The lowest BCUT2D eigenvalue weighted by Gasteiger charge is -2.10. The Morgan fingerprint density at radius 1 is 1.46 bits per heavy atom. The van der Waals surface area contributed by atoms with Gasteiger partial charge in [-0.15, -0.1) is 6.58 Å². The Hall–Kier alpha value is -2.13. The van der Waals surface area contributed by atoms with Crippen molar-refractivity contribution in [1.29, 1.82) is 0 Å². The molecule has 0 saturated carbocycles. The van der Waals surface area contributed by atoms with E-state index in [1.165, 1.54) is 22.2 Å². The first-order valence-corrected chi connectivity index (χ1v) is 8.56. The SMILES string of the molecule is C=CCn1c(=S)sc2c(=O)n(Cc3nc(C(C)(C)C)no3)cnc21. The smallest absolute Gasteiger partial charge is 0.273 e. The largest absolute Gasteiger partial charge is 0.337 e. The summed E-state index contributed by atoms with van der Waals surface area (Å²) in [6, 6.07) is 0. The lowest BCUT2D eigenvalue weighted by atomic mass is 9.96. The van der Waals surface area contributed by atoms with Gasteiger partial charge in [0, 0.05) is 12.0 Å². The molecule has 3 aromatic heterocycles. The summed E-state index contributed by atoms with van der Waals surface area (Å²) in [5, 5.41) is 3.97. The minimum atomic E-state index is -0.212. The van der Waals surface area contributed by atoms with Crippen LogP contribution in [-0.2, 0) is 18.5 Å². The summed E-state index contributed by atoms with van der Waals surface area (Å²) >= 11 is 6.55. The number of thiazole rings is 1. The summed E-state index contributed by atoms with van der Waals surface area (Å²) in [5.41, 5.74) is 0.192. The zero-order chi connectivity index (χ0) is 17.5. The lowest BCUT2D eigenvalue weighted by molar-refractivity contribution is 0.356. The number of hydrogen-bond acceptors (Lipinski definition) is 7. The zero-order valence-corrected chi connectivity index (χ0v) is 15.3. The third-order valence-electron chi connectivity index (χ3n) is 3.40. The highest BCUT2D eigenvalue weighted by molar-refractivity contribution is 7.73. The third-order valence-corrected chi connectivity index (χ3v) is 4.83. The van der Waals surface area contributed by atoms with Crippen LogP contribution in [0, 0.1) is 3.95 Å². The normalized spacial score (nSPS) is 12.0. The van der Waals surface area contributed by atoms with Crippen LogP contribution in [0.4, 0.5) is 0 Å². The molecule has 0 aliphatic heterocycles. The highest BCUT2D eigenvalue weighted by Gasteiger charge is 2.21. The number of allylic oxidation sites excluding steroid dienone is 1. The molecule has 0 atom stereocenters. The van der Waals surface area contributed by atoms with Gasteiger partial charge in [0.25, 0.3) is 5.56 Å². The second-order valence-electron chi connectivity index (χ2n) is 6.36. The van der Waals surface area contributed by atoms with Gasteiger partial charge in [-0.1, -0.05) is 43.3 Å². The van der Waals surface area contributed by atoms with Gasteiger partial charge in [-0.3, -0.25) is 9.36 Å². The van der Waals surface area contributed by atoms with Crippen molar-refractivity contribution in [2.24, 2.45) is 0 Å². The van der Waals surface area contributed by atoms with Crippen molar-refractivity contribution in [3.8, 4) is 0 Å². The molecule has 0 radical (unpaired) electrons. The fraction of sp³-hybridized carbons (Fsp3) is 0.400. The first kappa shape index (κ1) is 16.7. The highest BCUT2D eigenvalue weighted by Crippen LogP contribution is 2.20. The molecular weight excluding hydrogens is 346 g/mol. The molecule has 3 heterocycles. The third kappa shape index (κ3) is 2.96. The standard InChI is InChI=1S/C15H17N5O2S2/c1-5-6-20-11-10(24-14(20)23)12(21)19(8-16-11)7-9-17-13(18-22-9)15(2,3)4/h5,8H,1,6-7H2,2-4H3. The van der Waals surface area contributed by atoms with Crippen LogP contribution in [0.15, 0.2) is 28.3 Å². The van der Waals surface area contributed by atoms with Gasteiger partial charge in [-0.25, -0.2) is 4.98 Å². The Labute approximate surface area is 147 Å². The van der Waals surface area contributed by atoms with Gasteiger partial charge in [0.2, 0.25) is 5.89 Å². The Morgan fingerprint density at radius 3 is 2.83 bits per heavy atom. The zero-order valence-electron chi connectivity index (χ0n) is 13.6. The van der Waals surface area contributed by atoms with Crippen LogP contribution in [-0.4, -0.2) is 24.3 Å². The molecule has 24 heavy (non-hydrogen) atoms. The van der Waals surface area contributed by atoms with Crippen molar-refractivity contribution in [2.45, 2.75) is 39.3 Å². The molecule has 0 unspecified atom stereocenters. The molecule has 3 aromatic rings. The molecule has 0 fully saturated rings. The molecule has 0 aliphatic carbocycles.